The fourth-order valence-electron chi connectivity index (χ4n) is 2.54. The van der Waals surface area contributed by atoms with Crippen LogP contribution >= 0.6 is 0 Å². The molecule has 0 fully saturated rings. The van der Waals surface area contributed by atoms with Gasteiger partial charge in [0.2, 0.25) is 10.0 Å². The Labute approximate surface area is 143 Å². The summed E-state index contributed by atoms with van der Waals surface area (Å²) in [6, 6.07) is 12.2. The lowest BCUT2D eigenvalue weighted by atomic mass is 10.0. The van der Waals surface area contributed by atoms with Crippen molar-refractivity contribution in [2.24, 2.45) is 0 Å². The molecule has 1 heterocycles. The second kappa shape index (κ2) is 6.15. The Bertz CT molecular complexity index is 943. The Morgan fingerprint density at radius 3 is 2.40 bits per heavy atom. The summed E-state index contributed by atoms with van der Waals surface area (Å²) in [7, 11) is -3.71. The molecule has 25 heavy (non-hydrogen) atoms. The number of nitro benzene ring substituents is 1. The molecule has 0 spiro atoms. The third-order valence-electron chi connectivity index (χ3n) is 3.61. The summed E-state index contributed by atoms with van der Waals surface area (Å²) >= 11 is 0. The number of para-hydroxylation sites is 1. The zero-order chi connectivity index (χ0) is 18.2. The standard InChI is InChI=1S/C15H14N4O5S/c1-25(23,24)17-18-14(10-6-8-11(9-7-10)19(21)22)16-13-5-3-2-4-12(13)15(18)20/h2-9,14,16-17H,1H3. The van der Waals surface area contributed by atoms with Gasteiger partial charge in [-0.25, -0.2) is 13.4 Å². The van der Waals surface area contributed by atoms with Crippen LogP contribution in [-0.2, 0) is 10.0 Å². The van der Waals surface area contributed by atoms with Crippen LogP contribution in [0.3, 0.4) is 0 Å². The van der Waals surface area contributed by atoms with Crippen molar-refractivity contribution in [2.75, 3.05) is 11.6 Å². The minimum Gasteiger partial charge on any atom is -0.360 e. The van der Waals surface area contributed by atoms with Crippen LogP contribution in [0.25, 0.3) is 0 Å². The summed E-state index contributed by atoms with van der Waals surface area (Å²) in [6.45, 7) is 0. The van der Waals surface area contributed by atoms with Gasteiger partial charge < -0.3 is 5.32 Å². The summed E-state index contributed by atoms with van der Waals surface area (Å²) in [5, 5.41) is 14.8. The van der Waals surface area contributed by atoms with E-state index in [9.17, 15) is 23.3 Å². The number of hydrogen-bond donors (Lipinski definition) is 2. The van der Waals surface area contributed by atoms with E-state index in [4.69, 9.17) is 0 Å². The van der Waals surface area contributed by atoms with Crippen molar-refractivity contribution < 1.29 is 18.1 Å². The van der Waals surface area contributed by atoms with Crippen molar-refractivity contribution in [2.45, 2.75) is 6.17 Å². The van der Waals surface area contributed by atoms with Gasteiger partial charge in [-0.1, -0.05) is 12.1 Å². The van der Waals surface area contributed by atoms with Gasteiger partial charge in [0.15, 0.2) is 0 Å². The number of rotatable bonds is 4. The number of carbonyl (C=O) groups excluding carboxylic acids is 1. The van der Waals surface area contributed by atoms with Crippen LogP contribution in [0.2, 0.25) is 0 Å². The minimum atomic E-state index is -3.71. The van der Waals surface area contributed by atoms with Gasteiger partial charge in [-0.3, -0.25) is 14.9 Å². The maximum absolute atomic E-state index is 12.7. The summed E-state index contributed by atoms with van der Waals surface area (Å²) in [5.41, 5.74) is 1.25. The van der Waals surface area contributed by atoms with Crippen molar-refractivity contribution in [1.29, 1.82) is 0 Å². The van der Waals surface area contributed by atoms with Crippen molar-refractivity contribution in [3.8, 4) is 0 Å². The van der Waals surface area contributed by atoms with Gasteiger partial charge in [-0.05, 0) is 29.8 Å². The van der Waals surface area contributed by atoms with Crippen molar-refractivity contribution in [1.82, 2.24) is 9.84 Å². The molecule has 130 valence electrons. The molecule has 0 radical (unpaired) electrons. The normalized spacial score (nSPS) is 16.9. The van der Waals surface area contributed by atoms with Crippen LogP contribution in [0.1, 0.15) is 22.1 Å². The molecule has 9 nitrogen and oxygen atoms in total. The monoisotopic (exact) mass is 362 g/mol. The van der Waals surface area contributed by atoms with Gasteiger partial charge in [-0.15, -0.1) is 4.83 Å². The van der Waals surface area contributed by atoms with E-state index in [2.05, 4.69) is 10.1 Å². The molecule has 0 saturated heterocycles. The predicted molar refractivity (Wildman–Crippen MR) is 90.1 cm³/mol. The number of anilines is 1. The molecular weight excluding hydrogens is 348 g/mol. The third-order valence-corrected chi connectivity index (χ3v) is 4.14. The van der Waals surface area contributed by atoms with Gasteiger partial charge in [-0.2, -0.15) is 0 Å². The first-order chi connectivity index (χ1) is 11.8. The fourth-order valence-corrected chi connectivity index (χ4v) is 3.08. The molecular formula is C15H14N4O5S. The Morgan fingerprint density at radius 1 is 1.16 bits per heavy atom. The number of non-ortho nitro benzene ring substituents is 1. The molecule has 0 aromatic heterocycles. The number of nitro groups is 1. The first-order valence-corrected chi connectivity index (χ1v) is 9.06. The number of fused-ring (bicyclic) bond motifs is 1. The predicted octanol–water partition coefficient (Wildman–Crippen LogP) is 1.63. The Morgan fingerprint density at radius 2 is 1.80 bits per heavy atom. The fraction of sp³-hybridized carbons (Fsp3) is 0.133. The average Bonchev–Trinajstić information content (AvgIpc) is 2.56. The maximum Gasteiger partial charge on any atom is 0.273 e. The molecule has 1 atom stereocenters. The Hall–Kier alpha value is -2.98. The molecule has 1 amide bonds. The number of amides is 1. The quantitative estimate of drug-likeness (QED) is 0.630. The summed E-state index contributed by atoms with van der Waals surface area (Å²) < 4.78 is 23.3. The van der Waals surface area contributed by atoms with Gasteiger partial charge in [0.25, 0.3) is 11.6 Å². The topological polar surface area (TPSA) is 122 Å². The summed E-state index contributed by atoms with van der Waals surface area (Å²) in [4.78, 5) is 25.2. The number of hydrazine groups is 1. The van der Waals surface area contributed by atoms with Crippen molar-refractivity contribution in [3.05, 3.63) is 69.8 Å². The molecule has 0 saturated carbocycles. The second-order valence-electron chi connectivity index (χ2n) is 5.48. The first-order valence-electron chi connectivity index (χ1n) is 7.17. The zero-order valence-corrected chi connectivity index (χ0v) is 13.9. The molecule has 1 unspecified atom stereocenters. The van der Waals surface area contributed by atoms with Crippen molar-refractivity contribution in [3.63, 3.8) is 0 Å². The van der Waals surface area contributed by atoms with E-state index in [-0.39, 0.29) is 5.69 Å². The lowest BCUT2D eigenvalue weighted by molar-refractivity contribution is -0.384. The lowest BCUT2D eigenvalue weighted by Gasteiger charge is -2.37. The molecule has 10 heteroatoms. The van der Waals surface area contributed by atoms with Crippen molar-refractivity contribution >= 4 is 27.3 Å². The number of nitrogens with one attached hydrogen (secondary N) is 2. The number of nitrogens with zero attached hydrogens (tertiary/aromatic N) is 2. The van der Waals surface area contributed by atoms with E-state index >= 15 is 0 Å². The third kappa shape index (κ3) is 3.44. The van der Waals surface area contributed by atoms with Crippen LogP contribution in [-0.4, -0.2) is 30.5 Å². The molecule has 1 aliphatic rings. The Balaban J connectivity index is 2.05. The highest BCUT2D eigenvalue weighted by molar-refractivity contribution is 7.88. The minimum absolute atomic E-state index is 0.103. The summed E-state index contributed by atoms with van der Waals surface area (Å²) in [6.07, 6.45) is 0.0890. The smallest absolute Gasteiger partial charge is 0.273 e. The Kier molecular flexibility index (Phi) is 4.15. The number of benzene rings is 2. The van der Waals surface area contributed by atoms with E-state index in [1.54, 1.807) is 24.3 Å². The van der Waals surface area contributed by atoms with E-state index in [0.29, 0.717) is 16.8 Å². The van der Waals surface area contributed by atoms with Crippen LogP contribution in [0.15, 0.2) is 48.5 Å². The highest BCUT2D eigenvalue weighted by Gasteiger charge is 2.34. The maximum atomic E-state index is 12.7. The second-order valence-corrected chi connectivity index (χ2v) is 7.21. The van der Waals surface area contributed by atoms with Gasteiger partial charge >= 0.3 is 0 Å². The molecule has 3 rings (SSSR count). The van der Waals surface area contributed by atoms with E-state index in [0.717, 1.165) is 11.3 Å². The molecule has 0 bridgehead atoms. The SMILES string of the molecule is CS(=O)(=O)NN1C(=O)c2ccccc2NC1c1ccc([N+](=O)[O-])cc1. The average molecular weight is 362 g/mol. The molecule has 2 N–H and O–H groups in total. The zero-order valence-electron chi connectivity index (χ0n) is 13.0. The molecule has 2 aromatic rings. The number of hydrogen-bond acceptors (Lipinski definition) is 6. The highest BCUT2D eigenvalue weighted by Crippen LogP contribution is 2.32. The first kappa shape index (κ1) is 16.9. The van der Waals surface area contributed by atoms with Crippen LogP contribution in [0.4, 0.5) is 11.4 Å². The number of sulfonamides is 1. The number of carbonyl (C=O) groups is 1. The van der Waals surface area contributed by atoms with Gasteiger partial charge in [0, 0.05) is 17.8 Å². The molecule has 0 aliphatic carbocycles. The van der Waals surface area contributed by atoms with E-state index in [1.807, 2.05) is 0 Å². The molecule has 2 aromatic carbocycles. The molecule has 1 aliphatic heterocycles. The van der Waals surface area contributed by atoms with Gasteiger partial charge in [0.1, 0.15) is 6.17 Å². The lowest BCUT2D eigenvalue weighted by Crippen LogP contribution is -2.52. The van der Waals surface area contributed by atoms with Gasteiger partial charge in [0.05, 0.1) is 16.7 Å². The highest BCUT2D eigenvalue weighted by atomic mass is 32.2. The largest absolute Gasteiger partial charge is 0.360 e. The van der Waals surface area contributed by atoms with E-state index in [1.165, 1.54) is 24.3 Å². The van der Waals surface area contributed by atoms with Crippen LogP contribution < -0.4 is 10.1 Å². The van der Waals surface area contributed by atoms with Crippen LogP contribution in [0.5, 0.6) is 0 Å². The summed E-state index contributed by atoms with van der Waals surface area (Å²) in [5.74, 6) is -0.525. The van der Waals surface area contributed by atoms with E-state index < -0.39 is 27.0 Å². The van der Waals surface area contributed by atoms with Crippen LogP contribution in [0, 0.1) is 10.1 Å².